The first-order valence-electron chi connectivity index (χ1n) is 10.0. The van der Waals surface area contributed by atoms with E-state index in [4.69, 9.17) is 0 Å². The summed E-state index contributed by atoms with van der Waals surface area (Å²) in [5.41, 5.74) is 2.21. The van der Waals surface area contributed by atoms with Gasteiger partial charge in [-0.1, -0.05) is 79.7 Å². The van der Waals surface area contributed by atoms with E-state index in [2.05, 4.69) is 48.6 Å². The van der Waals surface area contributed by atoms with Crippen LogP contribution in [0.1, 0.15) is 48.5 Å². The highest BCUT2D eigenvalue weighted by Crippen LogP contribution is 2.46. The van der Waals surface area contributed by atoms with E-state index in [9.17, 15) is 9.50 Å². The molecule has 28 heavy (non-hydrogen) atoms. The van der Waals surface area contributed by atoms with Crippen molar-refractivity contribution in [1.29, 1.82) is 0 Å². The smallest absolute Gasteiger partial charge is 0.123 e. The molecule has 3 heteroatoms. The van der Waals surface area contributed by atoms with Gasteiger partial charge in [0.15, 0.2) is 0 Å². The Morgan fingerprint density at radius 2 is 1.46 bits per heavy atom. The minimum absolute atomic E-state index is 0.0281. The summed E-state index contributed by atoms with van der Waals surface area (Å²) >= 11 is 0. The Balaban J connectivity index is 1.81. The molecule has 4 atom stereocenters. The Morgan fingerprint density at radius 3 is 2.04 bits per heavy atom. The van der Waals surface area contributed by atoms with Gasteiger partial charge in [-0.2, -0.15) is 0 Å². The molecule has 0 aromatic heterocycles. The summed E-state index contributed by atoms with van der Waals surface area (Å²) in [7, 11) is 0. The van der Waals surface area contributed by atoms with Crippen molar-refractivity contribution in [2.45, 2.75) is 37.5 Å². The first-order valence-corrected chi connectivity index (χ1v) is 10.0. The van der Waals surface area contributed by atoms with Crippen LogP contribution in [0.3, 0.4) is 0 Å². The molecule has 0 aliphatic carbocycles. The highest BCUT2D eigenvalue weighted by molar-refractivity contribution is 5.29. The van der Waals surface area contributed by atoms with Crippen molar-refractivity contribution in [3.05, 3.63) is 107 Å². The van der Waals surface area contributed by atoms with Crippen LogP contribution in [0.5, 0.6) is 0 Å². The fourth-order valence-corrected chi connectivity index (χ4v) is 4.85. The van der Waals surface area contributed by atoms with Gasteiger partial charge in [-0.05, 0) is 24.1 Å². The normalized spacial score (nSPS) is 27.5. The number of rotatable bonds is 4. The van der Waals surface area contributed by atoms with E-state index < -0.39 is 5.60 Å². The van der Waals surface area contributed by atoms with E-state index in [0.29, 0.717) is 6.42 Å². The lowest BCUT2D eigenvalue weighted by atomic mass is 9.67. The maximum atomic E-state index is 13.6. The summed E-state index contributed by atoms with van der Waals surface area (Å²) in [5.74, 6) is -0.248. The molecule has 0 saturated carbocycles. The molecule has 0 radical (unpaired) electrons. The van der Waals surface area contributed by atoms with E-state index >= 15 is 0 Å². The van der Waals surface area contributed by atoms with Gasteiger partial charge in [0.2, 0.25) is 0 Å². The molecule has 1 fully saturated rings. The van der Waals surface area contributed by atoms with Crippen molar-refractivity contribution in [1.82, 2.24) is 0 Å². The molecule has 3 aromatic rings. The van der Waals surface area contributed by atoms with Gasteiger partial charge in [-0.3, -0.25) is 0 Å². The van der Waals surface area contributed by atoms with Gasteiger partial charge in [0.1, 0.15) is 23.5 Å². The van der Waals surface area contributed by atoms with E-state index in [0.717, 1.165) is 12.0 Å². The van der Waals surface area contributed by atoms with E-state index in [1.807, 2.05) is 24.3 Å². The second kappa shape index (κ2) is 7.86. The number of quaternary nitrogens is 1. The zero-order valence-electron chi connectivity index (χ0n) is 16.1. The van der Waals surface area contributed by atoms with Crippen molar-refractivity contribution in [2.75, 3.05) is 0 Å². The minimum atomic E-state index is -1.02. The number of aliphatic hydroxyl groups is 1. The zero-order chi connectivity index (χ0) is 19.6. The highest BCUT2D eigenvalue weighted by Gasteiger charge is 2.51. The Labute approximate surface area is 166 Å². The van der Waals surface area contributed by atoms with Crippen LogP contribution in [0.15, 0.2) is 84.9 Å². The fourth-order valence-electron chi connectivity index (χ4n) is 4.85. The van der Waals surface area contributed by atoms with Crippen LogP contribution in [-0.2, 0) is 5.60 Å². The van der Waals surface area contributed by atoms with Gasteiger partial charge in [0.25, 0.3) is 0 Å². The lowest BCUT2D eigenvalue weighted by molar-refractivity contribution is -0.758. The predicted octanol–water partition coefficient (Wildman–Crippen LogP) is 4.49. The van der Waals surface area contributed by atoms with E-state index in [1.165, 1.54) is 23.3 Å². The number of nitrogens with two attached hydrogens (primary N) is 1. The van der Waals surface area contributed by atoms with Crippen LogP contribution < -0.4 is 5.32 Å². The monoisotopic (exact) mass is 376 g/mol. The predicted molar refractivity (Wildman–Crippen MR) is 109 cm³/mol. The summed E-state index contributed by atoms with van der Waals surface area (Å²) in [6, 6.07) is 27.4. The number of benzene rings is 3. The van der Waals surface area contributed by atoms with Crippen molar-refractivity contribution < 1.29 is 14.8 Å². The molecule has 0 amide bonds. The lowest BCUT2D eigenvalue weighted by Crippen LogP contribution is -2.91. The maximum Gasteiger partial charge on any atom is 0.123 e. The third-order valence-corrected chi connectivity index (χ3v) is 6.21. The van der Waals surface area contributed by atoms with Crippen molar-refractivity contribution in [3.63, 3.8) is 0 Å². The lowest BCUT2D eigenvalue weighted by Gasteiger charge is -2.46. The Hall–Kier alpha value is -2.49. The summed E-state index contributed by atoms with van der Waals surface area (Å²) in [6.07, 6.45) is 1.44. The van der Waals surface area contributed by atoms with Gasteiger partial charge >= 0.3 is 0 Å². The molecule has 0 spiro atoms. The average molecular weight is 376 g/mol. The summed E-state index contributed by atoms with van der Waals surface area (Å²) < 4.78 is 13.6. The molecule has 144 valence electrons. The van der Waals surface area contributed by atoms with Gasteiger partial charge in [0, 0.05) is 23.5 Å². The molecule has 1 heterocycles. The fraction of sp³-hybridized carbons (Fsp3) is 0.280. The van der Waals surface area contributed by atoms with Gasteiger partial charge in [-0.25, -0.2) is 4.39 Å². The molecule has 0 bridgehead atoms. The summed E-state index contributed by atoms with van der Waals surface area (Å²) in [6.45, 7) is 2.13. The second-order valence-electron chi connectivity index (χ2n) is 7.80. The standard InChI is InChI=1S/C25H26FNO/c1-2-22-24(19-11-7-4-8-12-19)27-23(18-9-5-3-6-10-18)17-25(22,28)20-13-15-21(26)16-14-20/h3-16,22-24,27-28H,2,17H2,1H3/p+1/t22-,23-,24-,25-/m0/s1. The SMILES string of the molecule is CC[C@H]1[C@H](c2ccccc2)[NH2+][C@H](c2ccccc2)C[C@]1(O)c1ccc(F)cc1. The molecular formula is C25H27FNO+. The van der Waals surface area contributed by atoms with Crippen LogP contribution in [0.2, 0.25) is 0 Å². The summed E-state index contributed by atoms with van der Waals surface area (Å²) in [4.78, 5) is 0. The highest BCUT2D eigenvalue weighted by atomic mass is 19.1. The van der Waals surface area contributed by atoms with Crippen LogP contribution in [0, 0.1) is 11.7 Å². The zero-order valence-corrected chi connectivity index (χ0v) is 16.1. The molecule has 2 nitrogen and oxygen atoms in total. The van der Waals surface area contributed by atoms with Crippen molar-refractivity contribution >= 4 is 0 Å². The Morgan fingerprint density at radius 1 is 0.893 bits per heavy atom. The first kappa shape index (κ1) is 18.9. The second-order valence-corrected chi connectivity index (χ2v) is 7.80. The number of halogens is 1. The van der Waals surface area contributed by atoms with Gasteiger partial charge < -0.3 is 10.4 Å². The molecule has 1 aliphatic rings. The summed E-state index contributed by atoms with van der Waals surface area (Å²) in [5, 5.41) is 14.4. The van der Waals surface area contributed by atoms with E-state index in [-0.39, 0.29) is 23.8 Å². The first-order chi connectivity index (χ1) is 13.6. The van der Waals surface area contributed by atoms with Crippen LogP contribution in [0.4, 0.5) is 4.39 Å². The molecule has 0 unspecified atom stereocenters. The van der Waals surface area contributed by atoms with Crippen molar-refractivity contribution in [2.24, 2.45) is 5.92 Å². The average Bonchev–Trinajstić information content (AvgIpc) is 2.75. The number of piperidine rings is 1. The third-order valence-electron chi connectivity index (χ3n) is 6.21. The maximum absolute atomic E-state index is 13.6. The largest absolute Gasteiger partial charge is 0.384 e. The van der Waals surface area contributed by atoms with Gasteiger partial charge in [-0.15, -0.1) is 0 Å². The van der Waals surface area contributed by atoms with Crippen LogP contribution in [0.25, 0.3) is 0 Å². The topological polar surface area (TPSA) is 36.8 Å². The number of hydrogen-bond donors (Lipinski definition) is 2. The molecule has 1 aliphatic heterocycles. The Bertz CT molecular complexity index is 897. The number of hydrogen-bond acceptors (Lipinski definition) is 1. The molecule has 1 saturated heterocycles. The minimum Gasteiger partial charge on any atom is -0.384 e. The Kier molecular flexibility index (Phi) is 5.29. The molecular weight excluding hydrogens is 349 g/mol. The quantitative estimate of drug-likeness (QED) is 0.692. The molecule has 3 N–H and O–H groups in total. The third kappa shape index (κ3) is 3.48. The van der Waals surface area contributed by atoms with Crippen molar-refractivity contribution in [3.8, 4) is 0 Å². The molecule has 4 rings (SSSR count). The van der Waals surface area contributed by atoms with Crippen LogP contribution in [-0.4, -0.2) is 5.11 Å². The van der Waals surface area contributed by atoms with Gasteiger partial charge in [0.05, 0.1) is 0 Å². The van der Waals surface area contributed by atoms with E-state index in [1.54, 1.807) is 12.1 Å². The van der Waals surface area contributed by atoms with Crippen LogP contribution >= 0.6 is 0 Å². The molecule has 3 aromatic carbocycles.